The molecule has 1 nitrogen and oxygen atoms in total. The van der Waals surface area contributed by atoms with Crippen LogP contribution in [0.15, 0.2) is 0 Å². The summed E-state index contributed by atoms with van der Waals surface area (Å²) < 4.78 is 6.31. The molecule has 0 bridgehead atoms. The standard InChI is InChI=1S/C21H38O/c1-16-3-7-18(8-4-16)15-22-21-13-11-20(12-14-21)19-9-5-17(2)6-10-19/h16-21H,3-15H2,1-2H3. The average molecular weight is 307 g/mol. The lowest BCUT2D eigenvalue weighted by atomic mass is 9.71. The Hall–Kier alpha value is -0.0400. The van der Waals surface area contributed by atoms with E-state index < -0.39 is 0 Å². The van der Waals surface area contributed by atoms with Crippen LogP contribution in [0.5, 0.6) is 0 Å². The molecular weight excluding hydrogens is 268 g/mol. The quantitative estimate of drug-likeness (QED) is 0.599. The molecule has 0 aromatic rings. The summed E-state index contributed by atoms with van der Waals surface area (Å²) in [4.78, 5) is 0. The monoisotopic (exact) mass is 306 g/mol. The first-order valence-corrected chi connectivity index (χ1v) is 10.3. The van der Waals surface area contributed by atoms with Crippen LogP contribution in [-0.2, 0) is 4.74 Å². The summed E-state index contributed by atoms with van der Waals surface area (Å²) in [6.45, 7) is 5.90. The molecule has 0 unspecified atom stereocenters. The van der Waals surface area contributed by atoms with Crippen LogP contribution in [0.4, 0.5) is 0 Å². The second-order valence-corrected chi connectivity index (χ2v) is 9.02. The van der Waals surface area contributed by atoms with Crippen molar-refractivity contribution in [2.75, 3.05) is 6.61 Å². The van der Waals surface area contributed by atoms with Crippen molar-refractivity contribution in [3.8, 4) is 0 Å². The van der Waals surface area contributed by atoms with Gasteiger partial charge in [-0.3, -0.25) is 0 Å². The lowest BCUT2D eigenvalue weighted by Gasteiger charge is -2.37. The van der Waals surface area contributed by atoms with Gasteiger partial charge in [0, 0.05) is 6.61 Å². The lowest BCUT2D eigenvalue weighted by molar-refractivity contribution is -0.0163. The molecule has 3 rings (SSSR count). The zero-order valence-corrected chi connectivity index (χ0v) is 15.1. The topological polar surface area (TPSA) is 9.23 Å². The van der Waals surface area contributed by atoms with Gasteiger partial charge in [0.1, 0.15) is 0 Å². The summed E-state index contributed by atoms with van der Waals surface area (Å²) in [5.41, 5.74) is 0. The smallest absolute Gasteiger partial charge is 0.0575 e. The van der Waals surface area contributed by atoms with Crippen LogP contribution in [0.3, 0.4) is 0 Å². The van der Waals surface area contributed by atoms with Crippen molar-refractivity contribution in [2.24, 2.45) is 29.6 Å². The number of hydrogen-bond donors (Lipinski definition) is 0. The van der Waals surface area contributed by atoms with Crippen molar-refractivity contribution in [2.45, 2.75) is 97.0 Å². The average Bonchev–Trinajstić information content (AvgIpc) is 2.56. The molecule has 0 spiro atoms. The van der Waals surface area contributed by atoms with Crippen molar-refractivity contribution < 1.29 is 4.74 Å². The Morgan fingerprint density at radius 2 is 1.05 bits per heavy atom. The summed E-state index contributed by atoms with van der Waals surface area (Å²) in [5, 5.41) is 0. The van der Waals surface area contributed by atoms with E-state index in [4.69, 9.17) is 4.74 Å². The molecule has 0 aromatic heterocycles. The van der Waals surface area contributed by atoms with Gasteiger partial charge >= 0.3 is 0 Å². The van der Waals surface area contributed by atoms with Crippen molar-refractivity contribution in [1.82, 2.24) is 0 Å². The van der Waals surface area contributed by atoms with Crippen molar-refractivity contribution in [3.05, 3.63) is 0 Å². The van der Waals surface area contributed by atoms with Crippen molar-refractivity contribution >= 4 is 0 Å². The van der Waals surface area contributed by atoms with E-state index in [1.54, 1.807) is 0 Å². The molecule has 0 amide bonds. The molecule has 0 aliphatic heterocycles. The Morgan fingerprint density at radius 1 is 0.591 bits per heavy atom. The maximum Gasteiger partial charge on any atom is 0.0575 e. The maximum atomic E-state index is 6.31. The molecule has 128 valence electrons. The van der Waals surface area contributed by atoms with Gasteiger partial charge in [0.2, 0.25) is 0 Å². The molecule has 0 atom stereocenters. The van der Waals surface area contributed by atoms with Gasteiger partial charge in [-0.2, -0.15) is 0 Å². The minimum Gasteiger partial charge on any atom is -0.378 e. The van der Waals surface area contributed by atoms with Gasteiger partial charge < -0.3 is 4.74 Å². The Kier molecular flexibility index (Phi) is 6.24. The number of hydrogen-bond acceptors (Lipinski definition) is 1. The fraction of sp³-hybridized carbons (Fsp3) is 1.00. The highest BCUT2D eigenvalue weighted by atomic mass is 16.5. The molecule has 3 saturated carbocycles. The number of ether oxygens (including phenoxy) is 1. The zero-order chi connectivity index (χ0) is 15.4. The molecule has 0 radical (unpaired) electrons. The lowest BCUT2D eigenvalue weighted by Crippen LogP contribution is -2.29. The van der Waals surface area contributed by atoms with Crippen LogP contribution in [0.1, 0.15) is 90.9 Å². The van der Waals surface area contributed by atoms with Crippen LogP contribution < -0.4 is 0 Å². The molecule has 3 aliphatic carbocycles. The molecule has 0 aromatic carbocycles. The van der Waals surface area contributed by atoms with Gasteiger partial charge in [-0.15, -0.1) is 0 Å². The van der Waals surface area contributed by atoms with Gasteiger partial charge in [0.25, 0.3) is 0 Å². The fourth-order valence-electron chi connectivity index (χ4n) is 5.25. The second kappa shape index (κ2) is 8.18. The van der Waals surface area contributed by atoms with E-state index >= 15 is 0 Å². The highest BCUT2D eigenvalue weighted by molar-refractivity contribution is 4.82. The van der Waals surface area contributed by atoms with E-state index in [-0.39, 0.29) is 0 Å². The molecule has 22 heavy (non-hydrogen) atoms. The highest BCUT2D eigenvalue weighted by Crippen LogP contribution is 2.40. The van der Waals surface area contributed by atoms with Crippen molar-refractivity contribution in [3.63, 3.8) is 0 Å². The first-order valence-electron chi connectivity index (χ1n) is 10.3. The van der Waals surface area contributed by atoms with Gasteiger partial charge in [0.15, 0.2) is 0 Å². The van der Waals surface area contributed by atoms with Crippen LogP contribution in [0, 0.1) is 29.6 Å². The SMILES string of the molecule is CC1CCC(COC2CCC(C3CCC(C)CC3)CC2)CC1. The van der Waals surface area contributed by atoms with E-state index in [2.05, 4.69) is 13.8 Å². The first kappa shape index (κ1) is 16.8. The summed E-state index contributed by atoms with van der Waals surface area (Å²) in [6, 6.07) is 0. The van der Waals surface area contributed by atoms with E-state index in [1.807, 2.05) is 0 Å². The minimum atomic E-state index is 0.595. The van der Waals surface area contributed by atoms with Crippen molar-refractivity contribution in [1.29, 1.82) is 0 Å². The van der Waals surface area contributed by atoms with Gasteiger partial charge in [-0.1, -0.05) is 39.5 Å². The predicted molar refractivity (Wildman–Crippen MR) is 93.9 cm³/mol. The van der Waals surface area contributed by atoms with E-state index in [0.29, 0.717) is 6.10 Å². The van der Waals surface area contributed by atoms with Gasteiger partial charge in [0.05, 0.1) is 6.10 Å². The second-order valence-electron chi connectivity index (χ2n) is 9.02. The molecular formula is C21H38O. The largest absolute Gasteiger partial charge is 0.378 e. The Morgan fingerprint density at radius 3 is 1.59 bits per heavy atom. The van der Waals surface area contributed by atoms with Crippen LogP contribution in [0.2, 0.25) is 0 Å². The maximum absolute atomic E-state index is 6.31. The van der Waals surface area contributed by atoms with E-state index in [9.17, 15) is 0 Å². The van der Waals surface area contributed by atoms with Crippen LogP contribution in [-0.4, -0.2) is 12.7 Å². The van der Waals surface area contributed by atoms with E-state index in [0.717, 1.165) is 36.2 Å². The molecule has 1 heteroatoms. The van der Waals surface area contributed by atoms with Crippen LogP contribution in [0.25, 0.3) is 0 Å². The third-order valence-corrected chi connectivity index (χ3v) is 7.15. The molecule has 3 fully saturated rings. The summed E-state index contributed by atoms with van der Waals surface area (Å²) in [5.74, 6) is 4.91. The van der Waals surface area contributed by atoms with Gasteiger partial charge in [-0.25, -0.2) is 0 Å². The van der Waals surface area contributed by atoms with Crippen LogP contribution >= 0.6 is 0 Å². The van der Waals surface area contributed by atoms with Gasteiger partial charge in [-0.05, 0) is 81.0 Å². The summed E-state index contributed by atoms with van der Waals surface area (Å²) in [6.07, 6.45) is 17.9. The third-order valence-electron chi connectivity index (χ3n) is 7.15. The normalized spacial score (nSPS) is 43.9. The predicted octanol–water partition coefficient (Wildman–Crippen LogP) is 6.21. The zero-order valence-electron chi connectivity index (χ0n) is 15.1. The molecule has 0 saturated heterocycles. The Bertz CT molecular complexity index is 302. The molecule has 0 N–H and O–H groups in total. The highest BCUT2D eigenvalue weighted by Gasteiger charge is 2.30. The minimum absolute atomic E-state index is 0.595. The fourth-order valence-corrected chi connectivity index (χ4v) is 5.25. The molecule has 3 aliphatic rings. The Balaban J connectivity index is 1.32. The Labute approximate surface area is 138 Å². The summed E-state index contributed by atoms with van der Waals surface area (Å²) in [7, 11) is 0. The third kappa shape index (κ3) is 4.73. The van der Waals surface area contributed by atoms with E-state index in [1.165, 1.54) is 77.0 Å². The molecule has 0 heterocycles. The first-order chi connectivity index (χ1) is 10.7. The number of rotatable bonds is 4. The summed E-state index contributed by atoms with van der Waals surface area (Å²) >= 11 is 0.